The zero-order valence-corrected chi connectivity index (χ0v) is 10.7. The minimum atomic E-state index is 0.887. The van der Waals surface area contributed by atoms with Gasteiger partial charge in [0.1, 0.15) is 0 Å². The fraction of sp³-hybridized carbons (Fsp3) is 1.00. The summed E-state index contributed by atoms with van der Waals surface area (Å²) in [6.45, 7) is 12.0. The van der Waals surface area contributed by atoms with Crippen molar-refractivity contribution in [3.05, 3.63) is 0 Å². The van der Waals surface area contributed by atoms with Crippen molar-refractivity contribution in [3.63, 3.8) is 0 Å². The lowest BCUT2D eigenvalue weighted by molar-refractivity contribution is 0.162. The van der Waals surface area contributed by atoms with Gasteiger partial charge in [-0.1, -0.05) is 47.5 Å². The van der Waals surface area contributed by atoms with Crippen molar-refractivity contribution in [1.82, 2.24) is 0 Å². The summed E-state index contributed by atoms with van der Waals surface area (Å²) in [5.74, 6) is 4.86. The Morgan fingerprint density at radius 1 is 1.00 bits per heavy atom. The molecule has 0 radical (unpaired) electrons. The highest BCUT2D eigenvalue weighted by Gasteiger charge is 2.38. The highest BCUT2D eigenvalue weighted by atomic mass is 14.4. The SMILES string of the molecule is CCC(CC)C(C)C(C(C)C)C1CC1. The molecule has 84 valence electrons. The van der Waals surface area contributed by atoms with E-state index in [0.717, 1.165) is 29.6 Å². The predicted molar refractivity (Wildman–Crippen MR) is 64.3 cm³/mol. The standard InChI is InChI=1S/C14H28/c1-6-12(7-2)11(5)14(10(3)4)13-8-9-13/h10-14H,6-9H2,1-5H3. The Bertz CT molecular complexity index is 149. The molecule has 1 fully saturated rings. The van der Waals surface area contributed by atoms with Gasteiger partial charge >= 0.3 is 0 Å². The summed E-state index contributed by atoms with van der Waals surface area (Å²) in [7, 11) is 0. The van der Waals surface area contributed by atoms with Crippen molar-refractivity contribution in [1.29, 1.82) is 0 Å². The average molecular weight is 196 g/mol. The van der Waals surface area contributed by atoms with Gasteiger partial charge in [-0.05, 0) is 42.4 Å². The van der Waals surface area contributed by atoms with Gasteiger partial charge in [0.2, 0.25) is 0 Å². The average Bonchev–Trinajstić information content (AvgIpc) is 2.90. The van der Waals surface area contributed by atoms with E-state index in [1.54, 1.807) is 0 Å². The monoisotopic (exact) mass is 196 g/mol. The Morgan fingerprint density at radius 2 is 1.50 bits per heavy atom. The van der Waals surface area contributed by atoms with Crippen LogP contribution in [0.1, 0.15) is 60.3 Å². The van der Waals surface area contributed by atoms with Crippen LogP contribution >= 0.6 is 0 Å². The molecule has 0 aliphatic heterocycles. The predicted octanol–water partition coefficient (Wildman–Crippen LogP) is 4.74. The lowest BCUT2D eigenvalue weighted by atomic mass is 9.73. The third kappa shape index (κ3) is 2.74. The molecule has 0 nitrogen and oxygen atoms in total. The van der Waals surface area contributed by atoms with Crippen molar-refractivity contribution in [2.24, 2.45) is 29.6 Å². The molecule has 2 unspecified atom stereocenters. The van der Waals surface area contributed by atoms with E-state index >= 15 is 0 Å². The van der Waals surface area contributed by atoms with Crippen molar-refractivity contribution in [2.45, 2.75) is 60.3 Å². The zero-order valence-electron chi connectivity index (χ0n) is 10.7. The molecule has 1 saturated carbocycles. The zero-order chi connectivity index (χ0) is 10.7. The molecular formula is C14H28. The fourth-order valence-corrected chi connectivity index (χ4v) is 3.41. The molecule has 0 bridgehead atoms. The van der Waals surface area contributed by atoms with Crippen LogP contribution in [0.2, 0.25) is 0 Å². The summed E-state index contributed by atoms with van der Waals surface area (Å²) in [4.78, 5) is 0. The van der Waals surface area contributed by atoms with Crippen LogP contribution in [-0.4, -0.2) is 0 Å². The Balaban J connectivity index is 2.56. The van der Waals surface area contributed by atoms with Gasteiger partial charge in [0, 0.05) is 0 Å². The first-order valence-electron chi connectivity index (χ1n) is 6.61. The van der Waals surface area contributed by atoms with Crippen LogP contribution in [0, 0.1) is 29.6 Å². The highest BCUT2D eigenvalue weighted by Crippen LogP contribution is 2.47. The van der Waals surface area contributed by atoms with Gasteiger partial charge in [-0.3, -0.25) is 0 Å². The molecule has 0 aromatic carbocycles. The molecule has 14 heavy (non-hydrogen) atoms. The molecular weight excluding hydrogens is 168 g/mol. The molecule has 0 N–H and O–H groups in total. The topological polar surface area (TPSA) is 0 Å². The normalized spacial score (nSPS) is 21.6. The lowest BCUT2D eigenvalue weighted by Gasteiger charge is -2.33. The summed E-state index contributed by atoms with van der Waals surface area (Å²) in [5.41, 5.74) is 0. The molecule has 1 rings (SSSR count). The lowest BCUT2D eigenvalue weighted by Crippen LogP contribution is -2.26. The number of hydrogen-bond acceptors (Lipinski definition) is 0. The van der Waals surface area contributed by atoms with Crippen molar-refractivity contribution < 1.29 is 0 Å². The van der Waals surface area contributed by atoms with Crippen LogP contribution in [0.4, 0.5) is 0 Å². The van der Waals surface area contributed by atoms with E-state index in [4.69, 9.17) is 0 Å². The van der Waals surface area contributed by atoms with Gasteiger partial charge in [0.25, 0.3) is 0 Å². The smallest absolute Gasteiger partial charge is 0.0334 e. The molecule has 0 spiro atoms. The van der Waals surface area contributed by atoms with Gasteiger partial charge in [-0.25, -0.2) is 0 Å². The summed E-state index contributed by atoms with van der Waals surface area (Å²) in [6, 6.07) is 0. The third-order valence-corrected chi connectivity index (χ3v) is 4.34. The number of hydrogen-bond donors (Lipinski definition) is 0. The van der Waals surface area contributed by atoms with Crippen molar-refractivity contribution in [3.8, 4) is 0 Å². The summed E-state index contributed by atoms with van der Waals surface area (Å²) < 4.78 is 0. The minimum absolute atomic E-state index is 0.887. The second kappa shape index (κ2) is 5.19. The maximum absolute atomic E-state index is 2.50. The van der Waals surface area contributed by atoms with Gasteiger partial charge < -0.3 is 0 Å². The Hall–Kier alpha value is 0. The second-order valence-electron chi connectivity index (χ2n) is 5.59. The molecule has 0 heteroatoms. The molecule has 0 amide bonds. The van der Waals surface area contributed by atoms with Gasteiger partial charge in [-0.15, -0.1) is 0 Å². The molecule has 1 aliphatic rings. The third-order valence-electron chi connectivity index (χ3n) is 4.34. The van der Waals surface area contributed by atoms with E-state index < -0.39 is 0 Å². The molecule has 1 aliphatic carbocycles. The van der Waals surface area contributed by atoms with E-state index in [0.29, 0.717) is 0 Å². The van der Waals surface area contributed by atoms with Gasteiger partial charge in [-0.2, -0.15) is 0 Å². The van der Waals surface area contributed by atoms with Crippen LogP contribution < -0.4 is 0 Å². The fourth-order valence-electron chi connectivity index (χ4n) is 3.41. The quantitative estimate of drug-likeness (QED) is 0.575. The van der Waals surface area contributed by atoms with E-state index in [2.05, 4.69) is 34.6 Å². The van der Waals surface area contributed by atoms with Gasteiger partial charge in [0.05, 0.1) is 0 Å². The van der Waals surface area contributed by atoms with E-state index in [-0.39, 0.29) is 0 Å². The first-order chi connectivity index (χ1) is 6.61. The van der Waals surface area contributed by atoms with E-state index in [1.165, 1.54) is 25.7 Å². The number of rotatable bonds is 6. The highest BCUT2D eigenvalue weighted by molar-refractivity contribution is 4.87. The van der Waals surface area contributed by atoms with E-state index in [9.17, 15) is 0 Å². The van der Waals surface area contributed by atoms with Crippen LogP contribution in [-0.2, 0) is 0 Å². The molecule has 0 saturated heterocycles. The van der Waals surface area contributed by atoms with Crippen LogP contribution in [0.5, 0.6) is 0 Å². The van der Waals surface area contributed by atoms with Crippen molar-refractivity contribution in [2.75, 3.05) is 0 Å². The molecule has 0 aromatic heterocycles. The first-order valence-corrected chi connectivity index (χ1v) is 6.61. The van der Waals surface area contributed by atoms with E-state index in [1.807, 2.05) is 0 Å². The largest absolute Gasteiger partial charge is 0.0651 e. The second-order valence-corrected chi connectivity index (χ2v) is 5.59. The van der Waals surface area contributed by atoms with Crippen LogP contribution in [0.25, 0.3) is 0 Å². The molecule has 0 aromatic rings. The summed E-state index contributed by atoms with van der Waals surface area (Å²) >= 11 is 0. The molecule has 2 atom stereocenters. The first kappa shape index (κ1) is 12.1. The Kier molecular flexibility index (Phi) is 4.47. The molecule has 0 heterocycles. The summed E-state index contributed by atoms with van der Waals surface area (Å²) in [5, 5.41) is 0. The Labute approximate surface area is 90.5 Å². The van der Waals surface area contributed by atoms with Crippen molar-refractivity contribution >= 4 is 0 Å². The Morgan fingerprint density at radius 3 is 1.79 bits per heavy atom. The van der Waals surface area contributed by atoms with Crippen LogP contribution in [0.3, 0.4) is 0 Å². The van der Waals surface area contributed by atoms with Gasteiger partial charge in [0.15, 0.2) is 0 Å². The minimum Gasteiger partial charge on any atom is -0.0651 e. The van der Waals surface area contributed by atoms with Crippen LogP contribution in [0.15, 0.2) is 0 Å². The maximum atomic E-state index is 2.50. The summed E-state index contributed by atoms with van der Waals surface area (Å²) in [6.07, 6.45) is 5.75. The maximum Gasteiger partial charge on any atom is -0.0334 e.